The van der Waals surface area contributed by atoms with E-state index in [-0.39, 0.29) is 6.04 Å². The molecule has 0 bridgehead atoms. The topological polar surface area (TPSA) is 64.9 Å². The highest BCUT2D eigenvalue weighted by Gasteiger charge is 2.42. The van der Waals surface area contributed by atoms with Crippen LogP contribution in [-0.4, -0.2) is 11.0 Å². The molecule has 1 aliphatic carbocycles. The van der Waals surface area contributed by atoms with Crippen LogP contribution in [0, 0.1) is 6.92 Å². The lowest BCUT2D eigenvalue weighted by Gasteiger charge is -2.23. The number of aryl methyl sites for hydroxylation is 1. The zero-order valence-corrected chi connectivity index (χ0v) is 8.83. The van der Waals surface area contributed by atoms with Crippen LogP contribution in [0.3, 0.4) is 0 Å². The van der Waals surface area contributed by atoms with Gasteiger partial charge in [0.05, 0.1) is 0 Å². The van der Waals surface area contributed by atoms with Crippen molar-refractivity contribution in [1.82, 2.24) is 4.98 Å². The van der Waals surface area contributed by atoms with Crippen LogP contribution in [0.1, 0.15) is 30.4 Å². The number of hydrogen-bond acceptors (Lipinski definition) is 3. The summed E-state index contributed by atoms with van der Waals surface area (Å²) >= 11 is 0. The van der Waals surface area contributed by atoms with Crippen molar-refractivity contribution < 1.29 is 4.39 Å². The Morgan fingerprint density at radius 3 is 2.87 bits per heavy atom. The second-order valence-electron chi connectivity index (χ2n) is 4.36. The first-order chi connectivity index (χ1) is 7.03. The molecule has 0 aromatic carbocycles. The first kappa shape index (κ1) is 10.4. The van der Waals surface area contributed by atoms with Gasteiger partial charge >= 0.3 is 0 Å². The van der Waals surface area contributed by atoms with Crippen LogP contribution in [-0.2, 0) is 5.67 Å². The van der Waals surface area contributed by atoms with Crippen molar-refractivity contribution in [3.05, 3.63) is 23.4 Å². The zero-order chi connectivity index (χ0) is 11.1. The molecule has 4 heteroatoms. The summed E-state index contributed by atoms with van der Waals surface area (Å²) in [7, 11) is 0. The predicted molar refractivity (Wildman–Crippen MR) is 58.0 cm³/mol. The number of nitrogens with two attached hydrogens (primary N) is 2. The van der Waals surface area contributed by atoms with Gasteiger partial charge < -0.3 is 11.5 Å². The van der Waals surface area contributed by atoms with Crippen molar-refractivity contribution in [3.8, 4) is 0 Å². The van der Waals surface area contributed by atoms with E-state index in [1.807, 2.05) is 6.92 Å². The number of aromatic nitrogens is 1. The summed E-state index contributed by atoms with van der Waals surface area (Å²) in [5.41, 5.74) is 11.5. The van der Waals surface area contributed by atoms with Gasteiger partial charge in [-0.05, 0) is 31.4 Å². The number of pyridine rings is 1. The minimum Gasteiger partial charge on any atom is -0.383 e. The molecule has 0 spiro atoms. The predicted octanol–water partition coefficient (Wildman–Crippen LogP) is 1.65. The Morgan fingerprint density at radius 2 is 2.33 bits per heavy atom. The van der Waals surface area contributed by atoms with Gasteiger partial charge in [0.1, 0.15) is 11.5 Å². The maximum atomic E-state index is 14.6. The van der Waals surface area contributed by atoms with Gasteiger partial charge in [0.25, 0.3) is 0 Å². The molecule has 0 radical (unpaired) electrons. The van der Waals surface area contributed by atoms with E-state index in [1.54, 1.807) is 12.3 Å². The van der Waals surface area contributed by atoms with Gasteiger partial charge in [-0.15, -0.1) is 0 Å². The molecule has 82 valence electrons. The van der Waals surface area contributed by atoms with E-state index in [9.17, 15) is 4.39 Å². The van der Waals surface area contributed by atoms with Gasteiger partial charge in [-0.25, -0.2) is 9.37 Å². The lowest BCUT2D eigenvalue weighted by molar-refractivity contribution is 0.172. The number of nitrogens with zero attached hydrogens (tertiary/aromatic N) is 1. The third-order valence-corrected chi connectivity index (χ3v) is 3.13. The SMILES string of the molecule is Cc1ccnc(N)c1C1(F)CCC(N)C1. The van der Waals surface area contributed by atoms with Crippen molar-refractivity contribution in [2.24, 2.45) is 5.73 Å². The van der Waals surface area contributed by atoms with Crippen molar-refractivity contribution in [2.75, 3.05) is 5.73 Å². The average Bonchev–Trinajstić information content (AvgIpc) is 2.46. The first-order valence-electron chi connectivity index (χ1n) is 5.19. The molecule has 1 aromatic heterocycles. The maximum absolute atomic E-state index is 14.6. The number of nitrogen functional groups attached to an aromatic ring is 1. The summed E-state index contributed by atoms with van der Waals surface area (Å²) in [6, 6.07) is 1.73. The largest absolute Gasteiger partial charge is 0.383 e. The van der Waals surface area contributed by atoms with Gasteiger partial charge in [0.2, 0.25) is 0 Å². The van der Waals surface area contributed by atoms with Crippen LogP contribution < -0.4 is 11.5 Å². The van der Waals surface area contributed by atoms with E-state index in [2.05, 4.69) is 4.98 Å². The first-order valence-corrected chi connectivity index (χ1v) is 5.19. The monoisotopic (exact) mass is 209 g/mol. The second kappa shape index (κ2) is 3.45. The smallest absolute Gasteiger partial charge is 0.141 e. The van der Waals surface area contributed by atoms with Crippen LogP contribution >= 0.6 is 0 Å². The van der Waals surface area contributed by atoms with Gasteiger partial charge in [0, 0.05) is 24.2 Å². The zero-order valence-electron chi connectivity index (χ0n) is 8.83. The summed E-state index contributed by atoms with van der Waals surface area (Å²) in [5, 5.41) is 0. The van der Waals surface area contributed by atoms with Gasteiger partial charge in [0.15, 0.2) is 0 Å². The van der Waals surface area contributed by atoms with E-state index < -0.39 is 5.67 Å². The molecule has 0 aliphatic heterocycles. The minimum absolute atomic E-state index is 0.0611. The summed E-state index contributed by atoms with van der Waals surface area (Å²) in [5.74, 6) is 0.298. The Balaban J connectivity index is 2.45. The fraction of sp³-hybridized carbons (Fsp3) is 0.545. The second-order valence-corrected chi connectivity index (χ2v) is 4.36. The molecule has 3 nitrogen and oxygen atoms in total. The number of anilines is 1. The molecule has 1 aromatic rings. The lowest BCUT2D eigenvalue weighted by Crippen LogP contribution is -2.23. The molecule has 0 amide bonds. The maximum Gasteiger partial charge on any atom is 0.141 e. The van der Waals surface area contributed by atoms with Crippen LogP contribution in [0.2, 0.25) is 0 Å². The number of alkyl halides is 1. The Morgan fingerprint density at radius 1 is 1.60 bits per heavy atom. The standard InChI is InChI=1S/C11H16FN3/c1-7-3-5-15-10(14)9(7)11(12)4-2-8(13)6-11/h3,5,8H,2,4,6,13H2,1H3,(H2,14,15). The van der Waals surface area contributed by atoms with Crippen molar-refractivity contribution >= 4 is 5.82 Å². The molecule has 1 fully saturated rings. The average molecular weight is 209 g/mol. The molecule has 0 saturated heterocycles. The van der Waals surface area contributed by atoms with Gasteiger partial charge in [-0.1, -0.05) is 0 Å². The molecule has 1 aliphatic rings. The number of rotatable bonds is 1. The third kappa shape index (κ3) is 1.69. The molecule has 2 unspecified atom stereocenters. The van der Waals surface area contributed by atoms with E-state index >= 15 is 0 Å². The molecular formula is C11H16FN3. The summed E-state index contributed by atoms with van der Waals surface area (Å²) in [6.45, 7) is 1.86. The van der Waals surface area contributed by atoms with Crippen molar-refractivity contribution in [2.45, 2.75) is 37.9 Å². The fourth-order valence-corrected chi connectivity index (χ4v) is 2.42. The Bertz CT molecular complexity index is 360. The number of hydrogen-bond donors (Lipinski definition) is 2. The fourth-order valence-electron chi connectivity index (χ4n) is 2.42. The lowest BCUT2D eigenvalue weighted by atomic mass is 9.91. The van der Waals surface area contributed by atoms with Crippen LogP contribution in [0.4, 0.5) is 10.2 Å². The molecule has 1 heterocycles. The van der Waals surface area contributed by atoms with Crippen LogP contribution in [0.25, 0.3) is 0 Å². The Kier molecular flexibility index (Phi) is 2.38. The minimum atomic E-state index is -1.37. The normalized spacial score (nSPS) is 30.7. The van der Waals surface area contributed by atoms with E-state index in [4.69, 9.17) is 11.5 Å². The Labute approximate surface area is 88.7 Å². The molecular weight excluding hydrogens is 193 g/mol. The van der Waals surface area contributed by atoms with E-state index in [1.165, 1.54) is 0 Å². The molecule has 15 heavy (non-hydrogen) atoms. The molecule has 2 rings (SSSR count). The highest BCUT2D eigenvalue weighted by Crippen LogP contribution is 2.44. The number of halogens is 1. The summed E-state index contributed by atoms with van der Waals surface area (Å²) in [6.07, 6.45) is 3.12. The molecule has 4 N–H and O–H groups in total. The van der Waals surface area contributed by atoms with Gasteiger partial charge in [-0.2, -0.15) is 0 Å². The highest BCUT2D eigenvalue weighted by molar-refractivity contribution is 5.48. The Hall–Kier alpha value is -1.16. The van der Waals surface area contributed by atoms with Crippen LogP contribution in [0.5, 0.6) is 0 Å². The van der Waals surface area contributed by atoms with Crippen LogP contribution in [0.15, 0.2) is 12.3 Å². The summed E-state index contributed by atoms with van der Waals surface area (Å²) < 4.78 is 14.6. The highest BCUT2D eigenvalue weighted by atomic mass is 19.1. The molecule has 2 atom stereocenters. The third-order valence-electron chi connectivity index (χ3n) is 3.13. The van der Waals surface area contributed by atoms with E-state index in [0.717, 1.165) is 5.56 Å². The summed E-state index contributed by atoms with van der Waals surface area (Å²) in [4.78, 5) is 3.95. The van der Waals surface area contributed by atoms with E-state index in [0.29, 0.717) is 30.6 Å². The quantitative estimate of drug-likeness (QED) is 0.739. The van der Waals surface area contributed by atoms with Gasteiger partial charge in [-0.3, -0.25) is 0 Å². The van der Waals surface area contributed by atoms with Crippen molar-refractivity contribution in [1.29, 1.82) is 0 Å². The van der Waals surface area contributed by atoms with Crippen molar-refractivity contribution in [3.63, 3.8) is 0 Å². The molecule has 1 saturated carbocycles.